The monoisotopic (exact) mass is 362 g/mol. The van der Waals surface area contributed by atoms with Crippen LogP contribution >= 0.6 is 0 Å². The molecule has 2 rings (SSSR count). The van der Waals surface area contributed by atoms with Gasteiger partial charge in [0.05, 0.1) is 6.61 Å². The first-order valence-electron chi connectivity index (χ1n) is 9.31. The number of unbranched alkanes of at least 4 members (excludes halogenated alkanes) is 2. The summed E-state index contributed by atoms with van der Waals surface area (Å²) in [6, 6.07) is 7.54. The van der Waals surface area contributed by atoms with Crippen molar-refractivity contribution < 1.29 is 19.1 Å². The van der Waals surface area contributed by atoms with Crippen molar-refractivity contribution in [1.29, 1.82) is 0 Å². The van der Waals surface area contributed by atoms with Crippen molar-refractivity contribution in [3.8, 4) is 5.75 Å². The number of anilines is 1. The van der Waals surface area contributed by atoms with Crippen LogP contribution in [-0.4, -0.2) is 48.7 Å². The molecule has 144 valence electrons. The standard InChI is InChI=1S/C20H30N2O4/c1-5-6-7-14-25-17-10-8-16(9-11-17)22-13-12-21(15-18(22)23)19(24)26-20(2,3)4/h8-11H,5-7,12-15H2,1-4H3. The lowest BCUT2D eigenvalue weighted by Gasteiger charge is -2.35. The van der Waals surface area contributed by atoms with E-state index in [2.05, 4.69) is 6.92 Å². The summed E-state index contributed by atoms with van der Waals surface area (Å²) >= 11 is 0. The molecule has 0 saturated carbocycles. The lowest BCUT2D eigenvalue weighted by atomic mass is 10.2. The molecule has 0 aliphatic carbocycles. The SMILES string of the molecule is CCCCCOc1ccc(N2CCN(C(=O)OC(C)(C)C)CC2=O)cc1. The van der Waals surface area contributed by atoms with Crippen molar-refractivity contribution in [2.75, 3.05) is 31.1 Å². The molecule has 1 aliphatic rings. The zero-order chi connectivity index (χ0) is 19.2. The Hall–Kier alpha value is -2.24. The molecule has 1 aliphatic heterocycles. The van der Waals surface area contributed by atoms with E-state index in [1.807, 2.05) is 45.0 Å². The first-order chi connectivity index (χ1) is 12.3. The van der Waals surface area contributed by atoms with E-state index < -0.39 is 11.7 Å². The summed E-state index contributed by atoms with van der Waals surface area (Å²) in [5.41, 5.74) is 0.254. The Labute approximate surface area is 156 Å². The van der Waals surface area contributed by atoms with Crippen LogP contribution in [0.2, 0.25) is 0 Å². The third kappa shape index (κ3) is 5.93. The Bertz CT molecular complexity index is 607. The van der Waals surface area contributed by atoms with E-state index in [1.165, 1.54) is 11.3 Å². The van der Waals surface area contributed by atoms with Gasteiger partial charge >= 0.3 is 6.09 Å². The Morgan fingerprint density at radius 3 is 2.38 bits per heavy atom. The molecule has 0 radical (unpaired) electrons. The maximum absolute atomic E-state index is 12.4. The maximum Gasteiger partial charge on any atom is 0.410 e. The topological polar surface area (TPSA) is 59.1 Å². The van der Waals surface area contributed by atoms with Crippen molar-refractivity contribution in [2.45, 2.75) is 52.6 Å². The quantitative estimate of drug-likeness (QED) is 0.722. The lowest BCUT2D eigenvalue weighted by molar-refractivity contribution is -0.121. The summed E-state index contributed by atoms with van der Waals surface area (Å²) in [5, 5.41) is 0. The number of nitrogens with zero attached hydrogens (tertiary/aromatic N) is 2. The van der Waals surface area contributed by atoms with Crippen LogP contribution in [0.1, 0.15) is 47.0 Å². The molecule has 1 heterocycles. The van der Waals surface area contributed by atoms with Crippen molar-refractivity contribution in [3.63, 3.8) is 0 Å². The van der Waals surface area contributed by atoms with Crippen molar-refractivity contribution in [1.82, 2.24) is 4.90 Å². The predicted molar refractivity (Wildman–Crippen MR) is 102 cm³/mol. The minimum absolute atomic E-state index is 0.0319. The average molecular weight is 362 g/mol. The molecule has 0 bridgehead atoms. The minimum Gasteiger partial charge on any atom is -0.494 e. The van der Waals surface area contributed by atoms with Gasteiger partial charge in [0.15, 0.2) is 0 Å². The first-order valence-corrected chi connectivity index (χ1v) is 9.31. The number of ether oxygens (including phenoxy) is 2. The number of carbonyl (C=O) groups excluding carboxylic acids is 2. The van der Waals surface area contributed by atoms with E-state index in [0.29, 0.717) is 19.7 Å². The summed E-state index contributed by atoms with van der Waals surface area (Å²) in [6.45, 7) is 9.25. The molecule has 6 heteroatoms. The second-order valence-electron chi connectivity index (χ2n) is 7.50. The van der Waals surface area contributed by atoms with Gasteiger partial charge in [-0.15, -0.1) is 0 Å². The van der Waals surface area contributed by atoms with Gasteiger partial charge in [-0.3, -0.25) is 9.69 Å². The third-order valence-electron chi connectivity index (χ3n) is 4.04. The Morgan fingerprint density at radius 1 is 1.12 bits per heavy atom. The number of hydrogen-bond acceptors (Lipinski definition) is 4. The number of rotatable bonds is 6. The van der Waals surface area contributed by atoms with Gasteiger partial charge in [0.1, 0.15) is 17.9 Å². The van der Waals surface area contributed by atoms with E-state index in [-0.39, 0.29) is 12.5 Å². The highest BCUT2D eigenvalue weighted by atomic mass is 16.6. The largest absolute Gasteiger partial charge is 0.494 e. The van der Waals surface area contributed by atoms with Gasteiger partial charge in [-0.05, 0) is 51.5 Å². The average Bonchev–Trinajstić information content (AvgIpc) is 2.58. The lowest BCUT2D eigenvalue weighted by Crippen LogP contribution is -2.53. The van der Waals surface area contributed by atoms with Crippen molar-refractivity contribution in [3.05, 3.63) is 24.3 Å². The Balaban J connectivity index is 1.89. The molecule has 1 aromatic rings. The van der Waals surface area contributed by atoms with Crippen LogP contribution in [0, 0.1) is 0 Å². The highest BCUT2D eigenvalue weighted by molar-refractivity contribution is 5.97. The first kappa shape index (κ1) is 20.1. The Kier molecular flexibility index (Phi) is 6.89. The molecule has 0 N–H and O–H groups in total. The third-order valence-corrected chi connectivity index (χ3v) is 4.04. The summed E-state index contributed by atoms with van der Waals surface area (Å²) in [4.78, 5) is 27.7. The molecule has 0 aromatic heterocycles. The summed E-state index contributed by atoms with van der Waals surface area (Å²) in [5.74, 6) is 0.698. The molecule has 0 atom stereocenters. The Morgan fingerprint density at radius 2 is 1.81 bits per heavy atom. The van der Waals surface area contributed by atoms with Crippen molar-refractivity contribution in [2.24, 2.45) is 0 Å². The van der Waals surface area contributed by atoms with Gasteiger partial charge in [-0.1, -0.05) is 19.8 Å². The zero-order valence-electron chi connectivity index (χ0n) is 16.3. The fraction of sp³-hybridized carbons (Fsp3) is 0.600. The highest BCUT2D eigenvalue weighted by Crippen LogP contribution is 2.22. The van der Waals surface area contributed by atoms with Crippen LogP contribution in [0.15, 0.2) is 24.3 Å². The van der Waals surface area contributed by atoms with Crippen molar-refractivity contribution >= 4 is 17.7 Å². The number of amides is 2. The number of hydrogen-bond donors (Lipinski definition) is 0. The molecular weight excluding hydrogens is 332 g/mol. The van der Waals surface area contributed by atoms with E-state index in [4.69, 9.17) is 9.47 Å². The van der Waals surface area contributed by atoms with Crippen LogP contribution in [0.25, 0.3) is 0 Å². The molecule has 0 spiro atoms. The van der Waals surface area contributed by atoms with Gasteiger partial charge in [-0.25, -0.2) is 4.79 Å². The number of benzene rings is 1. The smallest absolute Gasteiger partial charge is 0.410 e. The van der Waals surface area contributed by atoms with Crippen LogP contribution < -0.4 is 9.64 Å². The number of piperazine rings is 1. The van der Waals surface area contributed by atoms with E-state index >= 15 is 0 Å². The fourth-order valence-corrected chi connectivity index (χ4v) is 2.69. The maximum atomic E-state index is 12.4. The fourth-order valence-electron chi connectivity index (χ4n) is 2.69. The second-order valence-corrected chi connectivity index (χ2v) is 7.50. The van der Waals surface area contributed by atoms with Gasteiger partial charge in [0.25, 0.3) is 0 Å². The predicted octanol–water partition coefficient (Wildman–Crippen LogP) is 3.84. The second kappa shape index (κ2) is 8.92. The van der Waals surface area contributed by atoms with Gasteiger partial charge in [-0.2, -0.15) is 0 Å². The molecule has 1 saturated heterocycles. The molecule has 0 unspecified atom stereocenters. The molecule has 1 fully saturated rings. The van der Waals surface area contributed by atoms with Crippen LogP contribution in [0.3, 0.4) is 0 Å². The van der Waals surface area contributed by atoms with Crippen LogP contribution in [0.5, 0.6) is 5.75 Å². The van der Waals surface area contributed by atoms with Crippen LogP contribution in [0.4, 0.5) is 10.5 Å². The van der Waals surface area contributed by atoms with E-state index in [0.717, 1.165) is 24.3 Å². The minimum atomic E-state index is -0.565. The van der Waals surface area contributed by atoms with Gasteiger partial charge in [0, 0.05) is 18.8 Å². The molecule has 6 nitrogen and oxygen atoms in total. The van der Waals surface area contributed by atoms with Crippen LogP contribution in [-0.2, 0) is 9.53 Å². The molecular formula is C20H30N2O4. The van der Waals surface area contributed by atoms with Gasteiger partial charge < -0.3 is 14.4 Å². The van der Waals surface area contributed by atoms with E-state index in [1.54, 1.807) is 4.90 Å². The van der Waals surface area contributed by atoms with Gasteiger partial charge in [0.2, 0.25) is 5.91 Å². The summed E-state index contributed by atoms with van der Waals surface area (Å²) in [7, 11) is 0. The normalized spacial score (nSPS) is 15.2. The summed E-state index contributed by atoms with van der Waals surface area (Å²) in [6.07, 6.45) is 2.93. The van der Waals surface area contributed by atoms with E-state index in [9.17, 15) is 9.59 Å². The number of carbonyl (C=O) groups is 2. The molecule has 1 aromatic carbocycles. The highest BCUT2D eigenvalue weighted by Gasteiger charge is 2.30. The zero-order valence-corrected chi connectivity index (χ0v) is 16.3. The molecule has 26 heavy (non-hydrogen) atoms. The molecule has 2 amide bonds. The summed E-state index contributed by atoms with van der Waals surface area (Å²) < 4.78 is 11.0.